The lowest BCUT2D eigenvalue weighted by molar-refractivity contribution is 0.0353. The molecule has 0 saturated heterocycles. The van der Waals surface area contributed by atoms with E-state index in [0.717, 1.165) is 6.42 Å². The lowest BCUT2D eigenvalue weighted by atomic mass is 10.1. The van der Waals surface area contributed by atoms with Gasteiger partial charge in [0.15, 0.2) is 0 Å². The van der Waals surface area contributed by atoms with Crippen molar-refractivity contribution in [3.63, 3.8) is 0 Å². The minimum absolute atomic E-state index is 0. The molecule has 0 aliphatic carbocycles. The zero-order valence-electron chi connectivity index (χ0n) is 9.35. The second-order valence-electron chi connectivity index (χ2n) is 3.57. The van der Waals surface area contributed by atoms with Gasteiger partial charge in [-0.3, -0.25) is 0 Å². The van der Waals surface area contributed by atoms with E-state index in [9.17, 15) is 0 Å². The summed E-state index contributed by atoms with van der Waals surface area (Å²) in [6, 6.07) is 10.3. The van der Waals surface area contributed by atoms with E-state index in [2.05, 4.69) is 19.1 Å². The highest BCUT2D eigenvalue weighted by Crippen LogP contribution is 2.06. The van der Waals surface area contributed by atoms with Crippen molar-refractivity contribution in [2.45, 2.75) is 39.0 Å². The molecule has 0 aliphatic heterocycles. The van der Waals surface area contributed by atoms with Crippen LogP contribution in [0, 0.1) is 0 Å². The molecule has 0 spiro atoms. The average molecular weight is 230 g/mol. The molecule has 1 aromatic rings. The van der Waals surface area contributed by atoms with Crippen molar-refractivity contribution in [1.29, 1.82) is 0 Å². The lowest BCUT2D eigenvalue weighted by Crippen LogP contribution is -2.33. The van der Waals surface area contributed by atoms with Gasteiger partial charge in [0, 0.05) is 6.04 Å². The van der Waals surface area contributed by atoms with E-state index in [1.807, 2.05) is 25.1 Å². The van der Waals surface area contributed by atoms with Crippen LogP contribution >= 0.6 is 12.4 Å². The van der Waals surface area contributed by atoms with Crippen molar-refractivity contribution in [2.75, 3.05) is 0 Å². The Kier molecular flexibility index (Phi) is 7.39. The van der Waals surface area contributed by atoms with Crippen molar-refractivity contribution in [3.05, 3.63) is 35.9 Å². The molecule has 0 amide bonds. The van der Waals surface area contributed by atoms with Crippen LogP contribution in [-0.4, -0.2) is 12.1 Å². The van der Waals surface area contributed by atoms with Gasteiger partial charge < -0.3 is 10.5 Å². The van der Waals surface area contributed by atoms with Gasteiger partial charge in [0.2, 0.25) is 0 Å². The summed E-state index contributed by atoms with van der Waals surface area (Å²) in [5.74, 6) is 0. The first-order valence-electron chi connectivity index (χ1n) is 5.15. The average Bonchev–Trinajstić information content (AvgIpc) is 2.26. The Morgan fingerprint density at radius 2 is 1.87 bits per heavy atom. The van der Waals surface area contributed by atoms with Crippen molar-refractivity contribution in [3.8, 4) is 0 Å². The van der Waals surface area contributed by atoms with Crippen molar-refractivity contribution < 1.29 is 4.74 Å². The summed E-state index contributed by atoms with van der Waals surface area (Å²) < 4.78 is 5.66. The predicted molar refractivity (Wildman–Crippen MR) is 66.2 cm³/mol. The van der Waals surface area contributed by atoms with E-state index in [4.69, 9.17) is 10.5 Å². The van der Waals surface area contributed by atoms with Crippen LogP contribution in [0.15, 0.2) is 30.3 Å². The van der Waals surface area contributed by atoms with Crippen LogP contribution in [0.25, 0.3) is 0 Å². The topological polar surface area (TPSA) is 35.2 Å². The molecule has 1 rings (SSSR count). The van der Waals surface area contributed by atoms with Gasteiger partial charge in [-0.1, -0.05) is 37.3 Å². The second-order valence-corrected chi connectivity index (χ2v) is 3.57. The summed E-state index contributed by atoms with van der Waals surface area (Å²) in [4.78, 5) is 0. The smallest absolute Gasteiger partial charge is 0.0721 e. The molecule has 1 aromatic carbocycles. The van der Waals surface area contributed by atoms with Gasteiger partial charge in [-0.15, -0.1) is 12.4 Å². The maximum Gasteiger partial charge on any atom is 0.0721 e. The summed E-state index contributed by atoms with van der Waals surface area (Å²) in [5, 5.41) is 0. The highest BCUT2D eigenvalue weighted by molar-refractivity contribution is 5.85. The van der Waals surface area contributed by atoms with E-state index in [1.54, 1.807) is 0 Å². The van der Waals surface area contributed by atoms with Crippen molar-refractivity contribution >= 4 is 12.4 Å². The van der Waals surface area contributed by atoms with Crippen LogP contribution in [0.5, 0.6) is 0 Å². The number of nitrogens with two attached hydrogens (primary N) is 1. The fourth-order valence-electron chi connectivity index (χ4n) is 1.26. The third kappa shape index (κ3) is 5.17. The largest absolute Gasteiger partial charge is 0.372 e. The first-order chi connectivity index (χ1) is 6.74. The number of benzene rings is 1. The molecule has 86 valence electrons. The van der Waals surface area contributed by atoms with Crippen LogP contribution in [0.3, 0.4) is 0 Å². The minimum atomic E-state index is 0. The molecule has 2 N–H and O–H groups in total. The Labute approximate surface area is 98.2 Å². The van der Waals surface area contributed by atoms with E-state index < -0.39 is 0 Å². The SMILES string of the molecule is CCC(N)C(C)OCc1ccccc1.Cl. The molecule has 15 heavy (non-hydrogen) atoms. The molecular formula is C12H20ClNO. The molecule has 0 fully saturated rings. The predicted octanol–water partition coefficient (Wildman–Crippen LogP) is 2.75. The summed E-state index contributed by atoms with van der Waals surface area (Å²) in [6.45, 7) is 4.75. The molecular weight excluding hydrogens is 210 g/mol. The molecule has 0 heterocycles. The molecule has 0 aromatic heterocycles. The Morgan fingerprint density at radius 1 is 1.27 bits per heavy atom. The third-order valence-corrected chi connectivity index (χ3v) is 2.43. The molecule has 2 nitrogen and oxygen atoms in total. The maximum absolute atomic E-state index is 5.86. The van der Waals surface area contributed by atoms with E-state index in [-0.39, 0.29) is 24.6 Å². The normalized spacial score (nSPS) is 14.1. The molecule has 2 unspecified atom stereocenters. The number of hydrogen-bond acceptors (Lipinski definition) is 2. The van der Waals surface area contributed by atoms with Crippen LogP contribution < -0.4 is 5.73 Å². The van der Waals surface area contributed by atoms with Crippen LogP contribution in [-0.2, 0) is 11.3 Å². The van der Waals surface area contributed by atoms with Gasteiger partial charge >= 0.3 is 0 Å². The molecule has 2 atom stereocenters. The number of halogens is 1. The zero-order valence-corrected chi connectivity index (χ0v) is 10.2. The molecule has 3 heteroatoms. The quantitative estimate of drug-likeness (QED) is 0.843. The fourth-order valence-corrected chi connectivity index (χ4v) is 1.26. The second kappa shape index (κ2) is 7.69. The number of rotatable bonds is 5. The molecule has 0 aliphatic rings. The summed E-state index contributed by atoms with van der Waals surface area (Å²) in [5.41, 5.74) is 7.05. The number of hydrogen-bond donors (Lipinski definition) is 1. The van der Waals surface area contributed by atoms with E-state index in [0.29, 0.717) is 6.61 Å². The Morgan fingerprint density at radius 3 is 2.40 bits per heavy atom. The van der Waals surface area contributed by atoms with Crippen LogP contribution in [0.4, 0.5) is 0 Å². The fraction of sp³-hybridized carbons (Fsp3) is 0.500. The molecule has 0 radical (unpaired) electrons. The maximum atomic E-state index is 5.86. The van der Waals surface area contributed by atoms with Crippen LogP contribution in [0.1, 0.15) is 25.8 Å². The van der Waals surface area contributed by atoms with Gasteiger partial charge in [-0.05, 0) is 18.9 Å². The summed E-state index contributed by atoms with van der Waals surface area (Å²) >= 11 is 0. The lowest BCUT2D eigenvalue weighted by Gasteiger charge is -2.18. The first-order valence-corrected chi connectivity index (χ1v) is 5.15. The molecule has 0 bridgehead atoms. The van der Waals surface area contributed by atoms with E-state index >= 15 is 0 Å². The summed E-state index contributed by atoms with van der Waals surface area (Å²) in [6.07, 6.45) is 1.08. The van der Waals surface area contributed by atoms with Gasteiger partial charge in [0.1, 0.15) is 0 Å². The molecule has 0 saturated carbocycles. The van der Waals surface area contributed by atoms with Crippen molar-refractivity contribution in [1.82, 2.24) is 0 Å². The van der Waals surface area contributed by atoms with E-state index in [1.165, 1.54) is 5.56 Å². The first kappa shape index (κ1) is 14.4. The Bertz CT molecular complexity index is 253. The summed E-state index contributed by atoms with van der Waals surface area (Å²) in [7, 11) is 0. The standard InChI is InChI=1S/C12H19NO.ClH/c1-3-12(13)10(2)14-9-11-7-5-4-6-8-11;/h4-8,10,12H,3,9,13H2,1-2H3;1H. The van der Waals surface area contributed by atoms with Gasteiger partial charge in [0.25, 0.3) is 0 Å². The monoisotopic (exact) mass is 229 g/mol. The zero-order chi connectivity index (χ0) is 10.4. The highest BCUT2D eigenvalue weighted by Gasteiger charge is 2.10. The van der Waals surface area contributed by atoms with Gasteiger partial charge in [0.05, 0.1) is 12.7 Å². The minimum Gasteiger partial charge on any atom is -0.372 e. The van der Waals surface area contributed by atoms with Crippen molar-refractivity contribution in [2.24, 2.45) is 5.73 Å². The van der Waals surface area contributed by atoms with Gasteiger partial charge in [-0.2, -0.15) is 0 Å². The number of ether oxygens (including phenoxy) is 1. The third-order valence-electron chi connectivity index (χ3n) is 2.43. The van der Waals surface area contributed by atoms with Gasteiger partial charge in [-0.25, -0.2) is 0 Å². The Balaban J connectivity index is 0.00000196. The Hall–Kier alpha value is -0.570. The highest BCUT2D eigenvalue weighted by atomic mass is 35.5. The van der Waals surface area contributed by atoms with Crippen LogP contribution in [0.2, 0.25) is 0 Å².